The summed E-state index contributed by atoms with van der Waals surface area (Å²) in [6.07, 6.45) is 3.32. The van der Waals surface area contributed by atoms with Gasteiger partial charge >= 0.3 is 0 Å². The number of hydrogen-bond acceptors (Lipinski definition) is 7. The lowest BCUT2D eigenvalue weighted by Crippen LogP contribution is -2.21. The lowest BCUT2D eigenvalue weighted by Gasteiger charge is -2.02. The van der Waals surface area contributed by atoms with E-state index in [4.69, 9.17) is 9.26 Å². The van der Waals surface area contributed by atoms with E-state index in [-0.39, 0.29) is 12.5 Å². The number of aryl methyl sites for hydroxylation is 1. The predicted molar refractivity (Wildman–Crippen MR) is 110 cm³/mol. The van der Waals surface area contributed by atoms with E-state index in [1.165, 1.54) is 11.3 Å². The highest BCUT2D eigenvalue weighted by Crippen LogP contribution is 2.32. The van der Waals surface area contributed by atoms with Crippen molar-refractivity contribution in [2.24, 2.45) is 0 Å². The number of methoxy groups -OCH3 is 1. The molecule has 3 heterocycles. The number of nitrogens with zero attached hydrogens (tertiary/aromatic N) is 3. The summed E-state index contributed by atoms with van der Waals surface area (Å²) in [6.45, 7) is 2.16. The van der Waals surface area contributed by atoms with Gasteiger partial charge in [-0.1, -0.05) is 17.3 Å². The van der Waals surface area contributed by atoms with Crippen molar-refractivity contribution in [2.45, 2.75) is 13.5 Å². The molecule has 0 aliphatic heterocycles. The van der Waals surface area contributed by atoms with Gasteiger partial charge in [-0.15, -0.1) is 11.3 Å². The van der Waals surface area contributed by atoms with Gasteiger partial charge < -0.3 is 14.6 Å². The van der Waals surface area contributed by atoms with Crippen LogP contribution in [0.4, 0.5) is 0 Å². The van der Waals surface area contributed by atoms with Crippen LogP contribution in [-0.2, 0) is 6.54 Å². The van der Waals surface area contributed by atoms with Crippen molar-refractivity contribution in [2.75, 3.05) is 7.11 Å². The maximum Gasteiger partial charge on any atom is 0.261 e. The Morgan fingerprint density at radius 1 is 1.14 bits per heavy atom. The molecular formula is C21H18N4O3S. The second-order valence-corrected chi connectivity index (χ2v) is 7.50. The van der Waals surface area contributed by atoms with Crippen LogP contribution in [0.1, 0.15) is 20.4 Å². The molecular weight excluding hydrogens is 388 g/mol. The molecule has 4 aromatic rings. The van der Waals surface area contributed by atoms with Crippen molar-refractivity contribution in [3.8, 4) is 28.3 Å². The number of amides is 1. The van der Waals surface area contributed by atoms with Gasteiger partial charge in [0, 0.05) is 22.8 Å². The molecule has 29 heavy (non-hydrogen) atoms. The quantitative estimate of drug-likeness (QED) is 0.518. The smallest absolute Gasteiger partial charge is 0.261 e. The number of hydrogen-bond donors (Lipinski definition) is 1. The first-order valence-corrected chi connectivity index (χ1v) is 9.71. The molecule has 7 nitrogen and oxygen atoms in total. The van der Waals surface area contributed by atoms with Gasteiger partial charge in [0.15, 0.2) is 0 Å². The Morgan fingerprint density at radius 2 is 1.90 bits per heavy atom. The molecule has 146 valence electrons. The number of carbonyl (C=O) groups excluding carboxylic acids is 1. The first-order chi connectivity index (χ1) is 14.1. The van der Waals surface area contributed by atoms with Crippen LogP contribution in [0.2, 0.25) is 0 Å². The molecule has 4 rings (SSSR count). The molecule has 8 heteroatoms. The first kappa shape index (κ1) is 18.8. The van der Waals surface area contributed by atoms with Crippen LogP contribution in [0.15, 0.2) is 59.4 Å². The molecule has 0 aliphatic rings. The Morgan fingerprint density at radius 3 is 2.62 bits per heavy atom. The Kier molecular flexibility index (Phi) is 5.35. The van der Waals surface area contributed by atoms with Gasteiger partial charge in [-0.3, -0.25) is 9.78 Å². The minimum Gasteiger partial charge on any atom is -0.497 e. The molecule has 0 spiro atoms. The normalized spacial score (nSPS) is 10.7. The zero-order valence-corrected chi connectivity index (χ0v) is 16.7. The van der Waals surface area contributed by atoms with E-state index >= 15 is 0 Å². The monoisotopic (exact) mass is 406 g/mol. The lowest BCUT2D eigenvalue weighted by molar-refractivity contribution is 0.0950. The molecule has 0 saturated heterocycles. The van der Waals surface area contributed by atoms with Crippen molar-refractivity contribution in [1.29, 1.82) is 0 Å². The summed E-state index contributed by atoms with van der Waals surface area (Å²) in [7, 11) is 1.64. The summed E-state index contributed by atoms with van der Waals surface area (Å²) in [4.78, 5) is 22.5. The van der Waals surface area contributed by atoms with E-state index in [0.29, 0.717) is 16.6 Å². The number of pyridine rings is 1. The minimum absolute atomic E-state index is 0.158. The van der Waals surface area contributed by atoms with Crippen molar-refractivity contribution in [1.82, 2.24) is 20.4 Å². The summed E-state index contributed by atoms with van der Waals surface area (Å²) in [5.41, 5.74) is 2.87. The fourth-order valence-electron chi connectivity index (χ4n) is 2.84. The van der Waals surface area contributed by atoms with Gasteiger partial charge in [-0.25, -0.2) is 0 Å². The summed E-state index contributed by atoms with van der Waals surface area (Å²) in [5.74, 6) is 1.42. The maximum absolute atomic E-state index is 12.6. The minimum atomic E-state index is -0.179. The van der Waals surface area contributed by atoms with Crippen LogP contribution in [0, 0.1) is 6.92 Å². The van der Waals surface area contributed by atoms with Crippen LogP contribution in [-0.4, -0.2) is 28.1 Å². The van der Waals surface area contributed by atoms with E-state index in [1.807, 2.05) is 37.3 Å². The first-order valence-electron chi connectivity index (χ1n) is 8.90. The molecule has 3 aromatic heterocycles. The molecule has 0 unspecified atom stereocenters. The molecule has 1 N–H and O–H groups in total. The number of rotatable bonds is 6. The molecule has 1 amide bonds. The van der Waals surface area contributed by atoms with E-state index in [2.05, 4.69) is 20.4 Å². The Balaban J connectivity index is 1.43. The molecule has 0 atom stereocenters. The van der Waals surface area contributed by atoms with Crippen LogP contribution in [0.25, 0.3) is 22.5 Å². The largest absolute Gasteiger partial charge is 0.497 e. The summed E-state index contributed by atoms with van der Waals surface area (Å²) >= 11 is 1.45. The van der Waals surface area contributed by atoms with E-state index in [1.54, 1.807) is 31.6 Å². The van der Waals surface area contributed by atoms with Crippen LogP contribution < -0.4 is 10.1 Å². The molecule has 0 saturated carbocycles. The SMILES string of the molecule is COc1ccc(-c2cc(C(=O)NCc3nc(-c4ccncc4)no3)sc2C)cc1. The average Bonchev–Trinajstić information content (AvgIpc) is 3.40. The van der Waals surface area contributed by atoms with E-state index < -0.39 is 0 Å². The number of ether oxygens (including phenoxy) is 1. The fraction of sp³-hybridized carbons (Fsp3) is 0.143. The van der Waals surface area contributed by atoms with Gasteiger partial charge in [0.25, 0.3) is 5.91 Å². The highest BCUT2D eigenvalue weighted by atomic mass is 32.1. The summed E-state index contributed by atoms with van der Waals surface area (Å²) in [6, 6.07) is 13.3. The van der Waals surface area contributed by atoms with Gasteiger partial charge in [-0.2, -0.15) is 4.98 Å². The van der Waals surface area contributed by atoms with Crippen molar-refractivity contribution in [3.63, 3.8) is 0 Å². The third kappa shape index (κ3) is 4.17. The predicted octanol–water partition coefficient (Wildman–Crippen LogP) is 4.11. The number of carbonyl (C=O) groups is 1. The highest BCUT2D eigenvalue weighted by Gasteiger charge is 2.15. The molecule has 0 radical (unpaired) electrons. The van der Waals surface area contributed by atoms with Crippen molar-refractivity contribution in [3.05, 3.63) is 70.5 Å². The number of aromatic nitrogens is 3. The van der Waals surface area contributed by atoms with Gasteiger partial charge in [-0.05, 0) is 48.4 Å². The van der Waals surface area contributed by atoms with Crippen molar-refractivity contribution < 1.29 is 14.1 Å². The second kappa shape index (κ2) is 8.24. The summed E-state index contributed by atoms with van der Waals surface area (Å²) < 4.78 is 10.4. The Hall–Kier alpha value is -3.52. The van der Waals surface area contributed by atoms with Crippen molar-refractivity contribution >= 4 is 17.2 Å². The zero-order valence-electron chi connectivity index (χ0n) is 15.9. The molecule has 0 bridgehead atoms. The third-order valence-corrected chi connectivity index (χ3v) is 5.40. The number of nitrogens with one attached hydrogen (secondary N) is 1. The Labute approximate surface area is 171 Å². The second-order valence-electron chi connectivity index (χ2n) is 6.24. The lowest BCUT2D eigenvalue weighted by atomic mass is 10.1. The van der Waals surface area contributed by atoms with E-state index in [9.17, 15) is 4.79 Å². The Bertz CT molecular complexity index is 1120. The third-order valence-electron chi connectivity index (χ3n) is 4.35. The number of thiophene rings is 1. The van der Waals surface area contributed by atoms with Crippen LogP contribution >= 0.6 is 11.3 Å². The zero-order chi connectivity index (χ0) is 20.2. The molecule has 0 aliphatic carbocycles. The fourth-order valence-corrected chi connectivity index (χ4v) is 3.80. The van der Waals surface area contributed by atoms with Gasteiger partial charge in [0.1, 0.15) is 5.75 Å². The number of benzene rings is 1. The van der Waals surface area contributed by atoms with Crippen LogP contribution in [0.5, 0.6) is 5.75 Å². The topological polar surface area (TPSA) is 90.1 Å². The summed E-state index contributed by atoms with van der Waals surface area (Å²) in [5, 5.41) is 6.77. The van der Waals surface area contributed by atoms with Crippen LogP contribution in [0.3, 0.4) is 0 Å². The molecule has 1 aromatic carbocycles. The van der Waals surface area contributed by atoms with Gasteiger partial charge in [0.2, 0.25) is 11.7 Å². The highest BCUT2D eigenvalue weighted by molar-refractivity contribution is 7.14. The van der Waals surface area contributed by atoms with E-state index in [0.717, 1.165) is 27.3 Å². The molecule has 0 fully saturated rings. The van der Waals surface area contributed by atoms with Gasteiger partial charge in [0.05, 0.1) is 18.5 Å². The average molecular weight is 406 g/mol. The standard InChI is InChI=1S/C21H18N4O3S/c1-13-17(14-3-5-16(27-2)6-4-14)11-18(29-13)21(26)23-12-19-24-20(25-28-19)15-7-9-22-10-8-15/h3-11H,12H2,1-2H3,(H,23,26). The maximum atomic E-state index is 12.6.